The van der Waals surface area contributed by atoms with Crippen molar-refractivity contribution in [2.75, 3.05) is 26.6 Å². The van der Waals surface area contributed by atoms with E-state index in [2.05, 4.69) is 10.6 Å². The van der Waals surface area contributed by atoms with Crippen molar-refractivity contribution < 1.29 is 28.9 Å². The first-order valence-corrected chi connectivity index (χ1v) is 7.04. The number of carboxylic acid groups (broad SMARTS) is 1. The van der Waals surface area contributed by atoms with Crippen LogP contribution in [0.15, 0.2) is 12.1 Å². The molecule has 0 saturated carbocycles. The number of amides is 2. The molecule has 0 bridgehead atoms. The van der Waals surface area contributed by atoms with Gasteiger partial charge < -0.3 is 30.0 Å². The normalized spacial score (nSPS) is 11.3. The number of methoxy groups -OCH3 is 3. The lowest BCUT2D eigenvalue weighted by atomic mass is 10.1. The zero-order chi connectivity index (χ0) is 17.4. The Hall–Kier alpha value is -2.64. The number of carbonyl (C=O) groups is 2. The van der Waals surface area contributed by atoms with Gasteiger partial charge in [-0.1, -0.05) is 6.92 Å². The van der Waals surface area contributed by atoms with Gasteiger partial charge in [-0.05, 0) is 6.42 Å². The van der Waals surface area contributed by atoms with Crippen LogP contribution in [0, 0.1) is 0 Å². The summed E-state index contributed by atoms with van der Waals surface area (Å²) in [6.07, 6.45) is 0.369. The summed E-state index contributed by atoms with van der Waals surface area (Å²) in [5, 5.41) is 14.0. The Morgan fingerprint density at radius 1 is 1.13 bits per heavy atom. The first-order chi connectivity index (χ1) is 10.9. The van der Waals surface area contributed by atoms with E-state index in [1.54, 1.807) is 19.1 Å². The van der Waals surface area contributed by atoms with Crippen molar-refractivity contribution in [2.45, 2.75) is 25.8 Å². The summed E-state index contributed by atoms with van der Waals surface area (Å²) in [4.78, 5) is 22.7. The number of rotatable bonds is 8. The minimum atomic E-state index is -0.968. The fourth-order valence-corrected chi connectivity index (χ4v) is 2.01. The highest BCUT2D eigenvalue weighted by Gasteiger charge is 2.17. The van der Waals surface area contributed by atoms with Crippen molar-refractivity contribution in [1.29, 1.82) is 0 Å². The first-order valence-electron chi connectivity index (χ1n) is 7.04. The van der Waals surface area contributed by atoms with Gasteiger partial charge in [-0.15, -0.1) is 0 Å². The quantitative estimate of drug-likeness (QED) is 0.675. The lowest BCUT2D eigenvalue weighted by molar-refractivity contribution is -0.137. The molecule has 3 N–H and O–H groups in total. The zero-order valence-corrected chi connectivity index (χ0v) is 13.6. The third kappa shape index (κ3) is 5.24. The van der Waals surface area contributed by atoms with Crippen molar-refractivity contribution >= 4 is 17.7 Å². The first kappa shape index (κ1) is 18.4. The molecule has 23 heavy (non-hydrogen) atoms. The summed E-state index contributed by atoms with van der Waals surface area (Å²) in [7, 11) is 4.43. The number of anilines is 1. The molecule has 2 amide bonds. The van der Waals surface area contributed by atoms with Crippen LogP contribution in [0.1, 0.15) is 19.8 Å². The fourth-order valence-electron chi connectivity index (χ4n) is 2.01. The van der Waals surface area contributed by atoms with Crippen LogP contribution in [0.25, 0.3) is 0 Å². The Morgan fingerprint density at radius 3 is 2.09 bits per heavy atom. The molecule has 0 heterocycles. The highest BCUT2D eigenvalue weighted by atomic mass is 16.5. The van der Waals surface area contributed by atoms with Crippen LogP contribution in [0.3, 0.4) is 0 Å². The van der Waals surface area contributed by atoms with Crippen molar-refractivity contribution in [3.63, 3.8) is 0 Å². The standard InChI is InChI=1S/C15H22N2O6/c1-5-9(8-13(18)19)16-15(20)17-10-6-11(21-2)14(23-4)12(7-10)22-3/h6-7,9H,5,8H2,1-4H3,(H,18,19)(H2,16,17,20). The molecule has 0 fully saturated rings. The molecule has 1 rings (SSSR count). The van der Waals surface area contributed by atoms with Crippen LogP contribution in [-0.4, -0.2) is 44.5 Å². The van der Waals surface area contributed by atoms with Crippen LogP contribution in [-0.2, 0) is 4.79 Å². The lowest BCUT2D eigenvalue weighted by Crippen LogP contribution is -2.38. The molecule has 1 aromatic rings. The number of hydrogen-bond donors (Lipinski definition) is 3. The van der Waals surface area contributed by atoms with Crippen LogP contribution >= 0.6 is 0 Å². The minimum absolute atomic E-state index is 0.140. The van der Waals surface area contributed by atoms with Crippen molar-refractivity contribution in [3.05, 3.63) is 12.1 Å². The van der Waals surface area contributed by atoms with E-state index in [1.165, 1.54) is 21.3 Å². The Morgan fingerprint density at radius 2 is 1.70 bits per heavy atom. The second kappa shape index (κ2) is 8.72. The third-order valence-corrected chi connectivity index (χ3v) is 3.17. The van der Waals surface area contributed by atoms with E-state index < -0.39 is 18.0 Å². The second-order valence-electron chi connectivity index (χ2n) is 4.72. The minimum Gasteiger partial charge on any atom is -0.493 e. The molecule has 0 saturated heterocycles. The lowest BCUT2D eigenvalue weighted by Gasteiger charge is -2.17. The molecule has 8 heteroatoms. The molecule has 1 atom stereocenters. The van der Waals surface area contributed by atoms with Gasteiger partial charge in [-0.3, -0.25) is 4.79 Å². The number of nitrogens with one attached hydrogen (secondary N) is 2. The molecule has 0 radical (unpaired) electrons. The Balaban J connectivity index is 2.87. The average Bonchev–Trinajstić information content (AvgIpc) is 2.52. The monoisotopic (exact) mass is 326 g/mol. The van der Waals surface area contributed by atoms with Crippen molar-refractivity contribution in [3.8, 4) is 17.2 Å². The van der Waals surface area contributed by atoms with E-state index in [0.29, 0.717) is 29.4 Å². The number of carboxylic acids is 1. The maximum atomic E-state index is 12.0. The number of carbonyl (C=O) groups excluding carboxylic acids is 1. The smallest absolute Gasteiger partial charge is 0.319 e. The van der Waals surface area contributed by atoms with Gasteiger partial charge in [0.2, 0.25) is 5.75 Å². The predicted molar refractivity (Wildman–Crippen MR) is 84.6 cm³/mol. The molecule has 128 valence electrons. The van der Waals surface area contributed by atoms with Crippen molar-refractivity contribution in [1.82, 2.24) is 5.32 Å². The van der Waals surface area contributed by atoms with Gasteiger partial charge >= 0.3 is 12.0 Å². The molecule has 8 nitrogen and oxygen atoms in total. The highest BCUT2D eigenvalue weighted by Crippen LogP contribution is 2.39. The van der Waals surface area contributed by atoms with Crippen molar-refractivity contribution in [2.24, 2.45) is 0 Å². The largest absolute Gasteiger partial charge is 0.493 e. The summed E-state index contributed by atoms with van der Waals surface area (Å²) in [5.41, 5.74) is 0.433. The van der Waals surface area contributed by atoms with Gasteiger partial charge in [0.15, 0.2) is 11.5 Å². The number of benzene rings is 1. The number of urea groups is 1. The van der Waals surface area contributed by atoms with Crippen LogP contribution in [0.4, 0.5) is 10.5 Å². The van der Waals surface area contributed by atoms with Crippen LogP contribution < -0.4 is 24.8 Å². The maximum Gasteiger partial charge on any atom is 0.319 e. The molecule has 0 aromatic heterocycles. The number of aliphatic carboxylic acids is 1. The molecule has 1 aromatic carbocycles. The van der Waals surface area contributed by atoms with E-state index in [4.69, 9.17) is 19.3 Å². The Bertz CT molecular complexity index is 536. The van der Waals surface area contributed by atoms with E-state index in [0.717, 1.165) is 0 Å². The summed E-state index contributed by atoms with van der Waals surface area (Å²) < 4.78 is 15.6. The topological polar surface area (TPSA) is 106 Å². The van der Waals surface area contributed by atoms with Crippen LogP contribution in [0.2, 0.25) is 0 Å². The van der Waals surface area contributed by atoms with E-state index in [-0.39, 0.29) is 6.42 Å². The third-order valence-electron chi connectivity index (χ3n) is 3.17. The van der Waals surface area contributed by atoms with Gasteiger partial charge in [0, 0.05) is 18.2 Å². The summed E-state index contributed by atoms with van der Waals surface area (Å²) in [5.74, 6) is 0.252. The maximum absolute atomic E-state index is 12.0. The van der Waals surface area contributed by atoms with Crippen LogP contribution in [0.5, 0.6) is 17.2 Å². The molecule has 0 aliphatic rings. The van der Waals surface area contributed by atoms with E-state index in [1.807, 2.05) is 0 Å². The zero-order valence-electron chi connectivity index (χ0n) is 13.6. The number of ether oxygens (including phenoxy) is 3. The van der Waals surface area contributed by atoms with Gasteiger partial charge in [-0.25, -0.2) is 4.79 Å². The molecular weight excluding hydrogens is 304 g/mol. The van der Waals surface area contributed by atoms with Gasteiger partial charge in [-0.2, -0.15) is 0 Å². The van der Waals surface area contributed by atoms with Gasteiger partial charge in [0.05, 0.1) is 33.4 Å². The molecular formula is C15H22N2O6. The number of hydrogen-bond acceptors (Lipinski definition) is 5. The van der Waals surface area contributed by atoms with E-state index in [9.17, 15) is 9.59 Å². The van der Waals surface area contributed by atoms with E-state index >= 15 is 0 Å². The highest BCUT2D eigenvalue weighted by molar-refractivity contribution is 5.90. The Kier molecular flexibility index (Phi) is 6.98. The SMILES string of the molecule is CCC(CC(=O)O)NC(=O)Nc1cc(OC)c(OC)c(OC)c1. The van der Waals surface area contributed by atoms with Gasteiger partial charge in [0.25, 0.3) is 0 Å². The summed E-state index contributed by atoms with van der Waals surface area (Å²) in [6, 6.07) is 2.21. The fraction of sp³-hybridized carbons (Fsp3) is 0.467. The van der Waals surface area contributed by atoms with Gasteiger partial charge in [0.1, 0.15) is 0 Å². The molecule has 0 aliphatic carbocycles. The molecule has 0 aliphatic heterocycles. The molecule has 1 unspecified atom stereocenters. The predicted octanol–water partition coefficient (Wildman–Crippen LogP) is 2.09. The summed E-state index contributed by atoms with van der Waals surface area (Å²) in [6.45, 7) is 1.80. The Labute approximate surface area is 134 Å². The molecule has 0 spiro atoms. The second-order valence-corrected chi connectivity index (χ2v) is 4.72. The summed E-state index contributed by atoms with van der Waals surface area (Å²) >= 11 is 0. The average molecular weight is 326 g/mol.